The van der Waals surface area contributed by atoms with Crippen LogP contribution in [0.2, 0.25) is 0 Å². The van der Waals surface area contributed by atoms with E-state index in [0.717, 1.165) is 29.7 Å². The van der Waals surface area contributed by atoms with Crippen LogP contribution >= 0.6 is 0 Å². The predicted molar refractivity (Wildman–Crippen MR) is 93.9 cm³/mol. The number of para-hydroxylation sites is 2. The lowest BCUT2D eigenvalue weighted by Crippen LogP contribution is -2.46. The van der Waals surface area contributed by atoms with Crippen LogP contribution in [0.4, 0.5) is 0 Å². The van der Waals surface area contributed by atoms with E-state index in [2.05, 4.69) is 29.1 Å². The molecule has 0 aliphatic rings. The Morgan fingerprint density at radius 2 is 2.00 bits per heavy atom. The van der Waals surface area contributed by atoms with Gasteiger partial charge in [0, 0.05) is 0 Å². The number of carbonyl (C=O) groups excluding carboxylic acids is 1. The highest BCUT2D eigenvalue weighted by molar-refractivity contribution is 5.82. The molecule has 0 aliphatic carbocycles. The summed E-state index contributed by atoms with van der Waals surface area (Å²) in [6.07, 6.45) is 1.70. The SMILES string of the molecule is CC[C@H](C)[C@H](N)C(=O)N[C@@H](CC(C)C)c1nc2ccccc2[nH]1. The van der Waals surface area contributed by atoms with Crippen molar-refractivity contribution in [3.05, 3.63) is 30.1 Å². The zero-order chi connectivity index (χ0) is 17.0. The molecule has 3 atom stereocenters. The minimum absolute atomic E-state index is 0.106. The first-order valence-corrected chi connectivity index (χ1v) is 8.43. The lowest BCUT2D eigenvalue weighted by Gasteiger charge is -2.23. The van der Waals surface area contributed by atoms with Gasteiger partial charge in [0.1, 0.15) is 5.82 Å². The highest BCUT2D eigenvalue weighted by atomic mass is 16.2. The number of nitrogens with zero attached hydrogens (tertiary/aromatic N) is 1. The summed E-state index contributed by atoms with van der Waals surface area (Å²) in [5, 5.41) is 3.08. The minimum atomic E-state index is -0.487. The number of nitrogens with two attached hydrogens (primary N) is 1. The molecule has 0 spiro atoms. The van der Waals surface area contributed by atoms with Gasteiger partial charge in [-0.3, -0.25) is 4.79 Å². The summed E-state index contributed by atoms with van der Waals surface area (Å²) < 4.78 is 0. The van der Waals surface area contributed by atoms with Gasteiger partial charge in [0.05, 0.1) is 23.1 Å². The second-order valence-corrected chi connectivity index (χ2v) is 6.74. The van der Waals surface area contributed by atoms with Crippen molar-refractivity contribution in [3.63, 3.8) is 0 Å². The van der Waals surface area contributed by atoms with Gasteiger partial charge in [-0.2, -0.15) is 0 Å². The zero-order valence-electron chi connectivity index (χ0n) is 14.5. The van der Waals surface area contributed by atoms with Crippen molar-refractivity contribution in [3.8, 4) is 0 Å². The average Bonchev–Trinajstić information content (AvgIpc) is 2.96. The van der Waals surface area contributed by atoms with Gasteiger partial charge >= 0.3 is 0 Å². The molecule has 1 amide bonds. The van der Waals surface area contributed by atoms with E-state index in [1.165, 1.54) is 0 Å². The maximum absolute atomic E-state index is 12.4. The first-order valence-electron chi connectivity index (χ1n) is 8.43. The van der Waals surface area contributed by atoms with E-state index >= 15 is 0 Å². The summed E-state index contributed by atoms with van der Waals surface area (Å²) in [6.45, 7) is 8.32. The number of H-pyrrole nitrogens is 1. The van der Waals surface area contributed by atoms with Gasteiger partial charge in [0.2, 0.25) is 5.91 Å². The van der Waals surface area contributed by atoms with Crippen molar-refractivity contribution in [2.24, 2.45) is 17.6 Å². The number of benzene rings is 1. The molecule has 0 saturated heterocycles. The van der Waals surface area contributed by atoms with Crippen LogP contribution in [0.25, 0.3) is 11.0 Å². The summed E-state index contributed by atoms with van der Waals surface area (Å²) in [4.78, 5) is 20.4. The topological polar surface area (TPSA) is 83.8 Å². The standard InChI is InChI=1S/C18H28N4O/c1-5-12(4)16(19)18(23)22-15(10-11(2)3)17-20-13-8-6-7-9-14(13)21-17/h6-9,11-12,15-16H,5,10,19H2,1-4H3,(H,20,21)(H,22,23)/t12-,15-,16-/m0/s1. The second-order valence-electron chi connectivity index (χ2n) is 6.74. The van der Waals surface area contributed by atoms with Crippen LogP contribution in [0.1, 0.15) is 52.4 Å². The summed E-state index contributed by atoms with van der Waals surface area (Å²) >= 11 is 0. The first kappa shape index (κ1) is 17.5. The molecule has 5 heteroatoms. The van der Waals surface area contributed by atoms with Crippen molar-refractivity contribution >= 4 is 16.9 Å². The quantitative estimate of drug-likeness (QED) is 0.733. The fraction of sp³-hybridized carbons (Fsp3) is 0.556. The molecule has 0 bridgehead atoms. The molecule has 0 aliphatic heterocycles. The van der Waals surface area contributed by atoms with E-state index in [9.17, 15) is 4.79 Å². The summed E-state index contributed by atoms with van der Waals surface area (Å²) in [5.74, 6) is 1.29. The van der Waals surface area contributed by atoms with E-state index < -0.39 is 6.04 Å². The van der Waals surface area contributed by atoms with Crippen LogP contribution in [0.5, 0.6) is 0 Å². The summed E-state index contributed by atoms with van der Waals surface area (Å²) in [7, 11) is 0. The third kappa shape index (κ3) is 4.32. The first-order chi connectivity index (χ1) is 10.9. The number of nitrogens with one attached hydrogen (secondary N) is 2. The Bertz CT molecular complexity index is 616. The van der Waals surface area contributed by atoms with Gasteiger partial charge in [0.15, 0.2) is 0 Å². The maximum Gasteiger partial charge on any atom is 0.237 e. The molecule has 5 nitrogen and oxygen atoms in total. The lowest BCUT2D eigenvalue weighted by molar-refractivity contribution is -0.124. The van der Waals surface area contributed by atoms with Gasteiger partial charge < -0.3 is 16.0 Å². The number of aromatic amines is 1. The smallest absolute Gasteiger partial charge is 0.237 e. The van der Waals surface area contributed by atoms with Crippen molar-refractivity contribution in [2.75, 3.05) is 0 Å². The summed E-state index contributed by atoms with van der Waals surface area (Å²) in [5.41, 5.74) is 7.96. The van der Waals surface area contributed by atoms with Crippen molar-refractivity contribution in [1.29, 1.82) is 0 Å². The molecule has 0 fully saturated rings. The van der Waals surface area contributed by atoms with Crippen LogP contribution in [0.15, 0.2) is 24.3 Å². The highest BCUT2D eigenvalue weighted by Crippen LogP contribution is 2.22. The fourth-order valence-electron chi connectivity index (χ4n) is 2.63. The predicted octanol–water partition coefficient (Wildman–Crippen LogP) is 3.14. The van der Waals surface area contributed by atoms with Gasteiger partial charge in [-0.25, -0.2) is 4.98 Å². The molecule has 0 radical (unpaired) electrons. The number of imidazole rings is 1. The van der Waals surface area contributed by atoms with Gasteiger partial charge in [0.25, 0.3) is 0 Å². The average molecular weight is 316 g/mol. The van der Waals surface area contributed by atoms with E-state index in [1.807, 2.05) is 38.1 Å². The Labute approximate surface area is 138 Å². The molecule has 0 saturated carbocycles. The number of hydrogen-bond donors (Lipinski definition) is 3. The normalized spacial score (nSPS) is 15.6. The molecule has 1 aromatic carbocycles. The maximum atomic E-state index is 12.4. The molecule has 2 rings (SSSR count). The monoisotopic (exact) mass is 316 g/mol. The van der Waals surface area contributed by atoms with Crippen molar-refractivity contribution in [2.45, 2.75) is 52.6 Å². The fourth-order valence-corrected chi connectivity index (χ4v) is 2.63. The number of amides is 1. The lowest BCUT2D eigenvalue weighted by atomic mass is 9.98. The number of rotatable bonds is 7. The Balaban J connectivity index is 2.21. The largest absolute Gasteiger partial charge is 0.345 e. The minimum Gasteiger partial charge on any atom is -0.345 e. The molecule has 4 N–H and O–H groups in total. The van der Waals surface area contributed by atoms with E-state index in [-0.39, 0.29) is 17.9 Å². The molecule has 1 heterocycles. The van der Waals surface area contributed by atoms with Crippen LogP contribution in [0.3, 0.4) is 0 Å². The Hall–Kier alpha value is -1.88. The van der Waals surface area contributed by atoms with Crippen LogP contribution in [-0.2, 0) is 4.79 Å². The number of fused-ring (bicyclic) bond motifs is 1. The molecule has 0 unspecified atom stereocenters. The van der Waals surface area contributed by atoms with Crippen LogP contribution in [0, 0.1) is 11.8 Å². The van der Waals surface area contributed by atoms with Crippen molar-refractivity contribution < 1.29 is 4.79 Å². The third-order valence-corrected chi connectivity index (χ3v) is 4.32. The van der Waals surface area contributed by atoms with Crippen LogP contribution < -0.4 is 11.1 Å². The number of hydrogen-bond acceptors (Lipinski definition) is 3. The van der Waals surface area contributed by atoms with Gasteiger partial charge in [-0.1, -0.05) is 46.2 Å². The van der Waals surface area contributed by atoms with E-state index in [4.69, 9.17) is 5.73 Å². The molecule has 2 aromatic rings. The van der Waals surface area contributed by atoms with Gasteiger partial charge in [-0.05, 0) is 30.4 Å². The molecule has 1 aromatic heterocycles. The molecular formula is C18H28N4O. The van der Waals surface area contributed by atoms with E-state index in [0.29, 0.717) is 5.92 Å². The summed E-state index contributed by atoms with van der Waals surface area (Å²) in [6, 6.07) is 7.25. The Kier molecular flexibility index (Phi) is 5.77. The van der Waals surface area contributed by atoms with Crippen molar-refractivity contribution in [1.82, 2.24) is 15.3 Å². The Morgan fingerprint density at radius 1 is 1.30 bits per heavy atom. The molecular weight excluding hydrogens is 288 g/mol. The van der Waals surface area contributed by atoms with Gasteiger partial charge in [-0.15, -0.1) is 0 Å². The number of aromatic nitrogens is 2. The second kappa shape index (κ2) is 7.59. The third-order valence-electron chi connectivity index (χ3n) is 4.32. The zero-order valence-corrected chi connectivity index (χ0v) is 14.5. The highest BCUT2D eigenvalue weighted by Gasteiger charge is 2.25. The Morgan fingerprint density at radius 3 is 2.61 bits per heavy atom. The molecule has 126 valence electrons. The van der Waals surface area contributed by atoms with E-state index in [1.54, 1.807) is 0 Å². The number of carbonyl (C=O) groups is 1. The molecule has 23 heavy (non-hydrogen) atoms. The van der Waals surface area contributed by atoms with Crippen LogP contribution in [-0.4, -0.2) is 21.9 Å².